The molecule has 3 aromatic carbocycles. The van der Waals surface area contributed by atoms with Gasteiger partial charge in [0.2, 0.25) is 0 Å². The minimum Gasteiger partial charge on any atom is -0.267 e. The van der Waals surface area contributed by atoms with Crippen molar-refractivity contribution in [3.63, 3.8) is 0 Å². The van der Waals surface area contributed by atoms with E-state index in [1.165, 1.54) is 5.01 Å². The molecule has 0 spiro atoms. The van der Waals surface area contributed by atoms with Gasteiger partial charge in [-0.25, -0.2) is 5.01 Å². The number of hydrogen-bond acceptors (Lipinski definition) is 2. The number of hydrogen-bond donors (Lipinski definition) is 0. The van der Waals surface area contributed by atoms with Crippen molar-refractivity contribution in [3.8, 4) is 0 Å². The quantitative estimate of drug-likeness (QED) is 0.401. The zero-order chi connectivity index (χ0) is 20.5. The van der Waals surface area contributed by atoms with Gasteiger partial charge in [-0.1, -0.05) is 70.7 Å². The van der Waals surface area contributed by atoms with E-state index in [2.05, 4.69) is 5.10 Å². The SMILES string of the molecule is O=C(c1ccc(Cl)cc1Cl)N1N=C(c2ccc(Cl)cc2)CC1c1ccc(Cl)cc1. The van der Waals surface area contributed by atoms with Crippen LogP contribution in [0.1, 0.15) is 33.9 Å². The molecule has 1 amide bonds. The molecule has 0 saturated carbocycles. The molecule has 0 saturated heterocycles. The van der Waals surface area contributed by atoms with Crippen molar-refractivity contribution in [3.05, 3.63) is 104 Å². The third kappa shape index (κ3) is 4.29. The average Bonchev–Trinajstić information content (AvgIpc) is 3.14. The molecule has 0 aliphatic carbocycles. The summed E-state index contributed by atoms with van der Waals surface area (Å²) in [5.41, 5.74) is 2.97. The van der Waals surface area contributed by atoms with Crippen LogP contribution in [-0.2, 0) is 0 Å². The van der Waals surface area contributed by atoms with Gasteiger partial charge in [-0.05, 0) is 53.6 Å². The third-order valence-corrected chi connectivity index (χ3v) is 5.76. The normalized spacial score (nSPS) is 16.1. The number of amides is 1. The zero-order valence-corrected chi connectivity index (χ0v) is 18.0. The van der Waals surface area contributed by atoms with Gasteiger partial charge in [0, 0.05) is 21.5 Å². The van der Waals surface area contributed by atoms with Crippen molar-refractivity contribution < 1.29 is 4.79 Å². The Hall–Kier alpha value is -2.04. The molecule has 1 heterocycles. The largest absolute Gasteiger partial charge is 0.276 e. The van der Waals surface area contributed by atoms with E-state index in [1.807, 2.05) is 24.3 Å². The Kier molecular flexibility index (Phi) is 5.84. The van der Waals surface area contributed by atoms with Gasteiger partial charge in [-0.15, -0.1) is 0 Å². The zero-order valence-electron chi connectivity index (χ0n) is 14.9. The number of rotatable bonds is 3. The lowest BCUT2D eigenvalue weighted by atomic mass is 9.98. The Morgan fingerprint density at radius 1 is 0.828 bits per heavy atom. The lowest BCUT2D eigenvalue weighted by molar-refractivity contribution is 0.0711. The summed E-state index contributed by atoms with van der Waals surface area (Å²) in [6.45, 7) is 0. The predicted octanol–water partition coefficient (Wildman–Crippen LogP) is 7.29. The van der Waals surface area contributed by atoms with E-state index >= 15 is 0 Å². The number of carbonyl (C=O) groups excluding carboxylic acids is 1. The van der Waals surface area contributed by atoms with Crippen molar-refractivity contribution in [1.82, 2.24) is 5.01 Å². The molecule has 1 aliphatic heterocycles. The first-order valence-electron chi connectivity index (χ1n) is 8.80. The Morgan fingerprint density at radius 2 is 1.41 bits per heavy atom. The average molecular weight is 464 g/mol. The van der Waals surface area contributed by atoms with Crippen LogP contribution >= 0.6 is 46.4 Å². The first kappa shape index (κ1) is 20.2. The second kappa shape index (κ2) is 8.37. The van der Waals surface area contributed by atoms with Crippen molar-refractivity contribution in [1.29, 1.82) is 0 Å². The first-order chi connectivity index (χ1) is 13.9. The van der Waals surface area contributed by atoms with E-state index in [0.717, 1.165) is 16.8 Å². The molecule has 4 rings (SSSR count). The van der Waals surface area contributed by atoms with Crippen molar-refractivity contribution in [2.24, 2.45) is 5.10 Å². The van der Waals surface area contributed by atoms with Gasteiger partial charge < -0.3 is 0 Å². The number of halogens is 4. The highest BCUT2D eigenvalue weighted by atomic mass is 35.5. The molecule has 29 heavy (non-hydrogen) atoms. The predicted molar refractivity (Wildman–Crippen MR) is 119 cm³/mol. The second-order valence-corrected chi connectivity index (χ2v) is 8.32. The standard InChI is InChI=1S/C22H14Cl4N2O/c23-15-5-1-13(2-6-15)20-12-21(14-3-7-16(24)8-4-14)28(27-20)22(29)18-10-9-17(25)11-19(18)26/h1-11,21H,12H2. The summed E-state index contributed by atoms with van der Waals surface area (Å²) in [5.74, 6) is -0.296. The molecule has 1 atom stereocenters. The first-order valence-corrected chi connectivity index (χ1v) is 10.3. The lowest BCUT2D eigenvalue weighted by Crippen LogP contribution is -2.27. The Bertz CT molecular complexity index is 1090. The minimum absolute atomic E-state index is 0.280. The summed E-state index contributed by atoms with van der Waals surface area (Å²) in [6.07, 6.45) is 0.556. The van der Waals surface area contributed by atoms with Gasteiger partial charge in [0.25, 0.3) is 5.91 Å². The van der Waals surface area contributed by atoms with E-state index in [4.69, 9.17) is 46.4 Å². The van der Waals surface area contributed by atoms with Gasteiger partial charge in [0.05, 0.1) is 22.3 Å². The summed E-state index contributed by atoms with van der Waals surface area (Å²) in [6, 6.07) is 19.3. The van der Waals surface area contributed by atoms with Crippen molar-refractivity contribution in [2.75, 3.05) is 0 Å². The van der Waals surface area contributed by atoms with Gasteiger partial charge in [-0.3, -0.25) is 4.79 Å². The summed E-state index contributed by atoms with van der Waals surface area (Å²) < 4.78 is 0. The van der Waals surface area contributed by atoms with Crippen LogP contribution in [0.4, 0.5) is 0 Å². The maximum Gasteiger partial charge on any atom is 0.276 e. The fourth-order valence-corrected chi connectivity index (χ4v) is 3.99. The maximum absolute atomic E-state index is 13.3. The molecule has 0 aromatic heterocycles. The smallest absolute Gasteiger partial charge is 0.267 e. The number of benzene rings is 3. The van der Waals surface area contributed by atoms with Gasteiger partial charge in [-0.2, -0.15) is 5.10 Å². The summed E-state index contributed by atoms with van der Waals surface area (Å²) in [4.78, 5) is 13.3. The molecule has 1 unspecified atom stereocenters. The van der Waals surface area contributed by atoms with Gasteiger partial charge in [0.15, 0.2) is 0 Å². The molecule has 1 aliphatic rings. The molecular formula is C22H14Cl4N2O. The van der Waals surface area contributed by atoms with Crippen LogP contribution in [0.5, 0.6) is 0 Å². The van der Waals surface area contributed by atoms with Gasteiger partial charge in [0.1, 0.15) is 0 Å². The summed E-state index contributed by atoms with van der Waals surface area (Å²) in [5, 5.41) is 8.14. The monoisotopic (exact) mass is 462 g/mol. The topological polar surface area (TPSA) is 32.7 Å². The van der Waals surface area contributed by atoms with Crippen LogP contribution in [0.15, 0.2) is 71.8 Å². The van der Waals surface area contributed by atoms with Crippen molar-refractivity contribution >= 4 is 58.0 Å². The lowest BCUT2D eigenvalue weighted by Gasteiger charge is -2.22. The van der Waals surface area contributed by atoms with Crippen molar-refractivity contribution in [2.45, 2.75) is 12.5 Å². The molecule has 3 aromatic rings. The van der Waals surface area contributed by atoms with Crippen LogP contribution in [-0.4, -0.2) is 16.6 Å². The van der Waals surface area contributed by atoms with E-state index < -0.39 is 0 Å². The number of nitrogens with zero attached hydrogens (tertiary/aromatic N) is 2. The number of hydrazone groups is 1. The van der Waals surface area contributed by atoms with Crippen LogP contribution < -0.4 is 0 Å². The van der Waals surface area contributed by atoms with Gasteiger partial charge >= 0.3 is 0 Å². The summed E-state index contributed by atoms with van der Waals surface area (Å²) in [7, 11) is 0. The molecule has 0 radical (unpaired) electrons. The molecular weight excluding hydrogens is 450 g/mol. The van der Waals surface area contributed by atoms with Crippen LogP contribution in [0.2, 0.25) is 20.1 Å². The van der Waals surface area contributed by atoms with Crippen LogP contribution in [0, 0.1) is 0 Å². The number of carbonyl (C=O) groups is 1. The highest BCUT2D eigenvalue weighted by molar-refractivity contribution is 6.36. The molecule has 3 nitrogen and oxygen atoms in total. The molecule has 0 bridgehead atoms. The van der Waals surface area contributed by atoms with E-state index in [9.17, 15) is 4.79 Å². The van der Waals surface area contributed by atoms with Crippen LogP contribution in [0.25, 0.3) is 0 Å². The van der Waals surface area contributed by atoms with E-state index in [1.54, 1.807) is 42.5 Å². The van der Waals surface area contributed by atoms with E-state index in [-0.39, 0.29) is 17.0 Å². The van der Waals surface area contributed by atoms with Crippen LogP contribution in [0.3, 0.4) is 0 Å². The molecule has 0 N–H and O–H groups in total. The third-order valence-electron chi connectivity index (χ3n) is 4.71. The molecule has 7 heteroatoms. The fraction of sp³-hybridized carbons (Fsp3) is 0.0909. The Labute approximate surface area is 188 Å². The second-order valence-electron chi connectivity index (χ2n) is 6.60. The highest BCUT2D eigenvalue weighted by Crippen LogP contribution is 2.36. The highest BCUT2D eigenvalue weighted by Gasteiger charge is 2.34. The molecule has 0 fully saturated rings. The maximum atomic E-state index is 13.3. The fourth-order valence-electron chi connectivity index (χ4n) is 3.25. The van der Waals surface area contributed by atoms with E-state index in [0.29, 0.717) is 27.1 Å². The minimum atomic E-state index is -0.296. The Balaban J connectivity index is 1.75. The molecule has 146 valence electrons. The summed E-state index contributed by atoms with van der Waals surface area (Å²) >= 11 is 24.3. The Morgan fingerprint density at radius 3 is 2.03 bits per heavy atom.